The van der Waals surface area contributed by atoms with Crippen molar-refractivity contribution in [3.8, 4) is 0 Å². The van der Waals surface area contributed by atoms with E-state index < -0.39 is 11.9 Å². The van der Waals surface area contributed by atoms with E-state index in [-0.39, 0.29) is 24.0 Å². The molecular weight excluding hydrogens is 458 g/mol. The molecule has 3 aliphatic rings. The van der Waals surface area contributed by atoms with Crippen LogP contribution in [-0.4, -0.2) is 65.6 Å². The molecule has 0 radical (unpaired) electrons. The second-order valence-corrected chi connectivity index (χ2v) is 9.84. The van der Waals surface area contributed by atoms with Crippen LogP contribution in [0.15, 0.2) is 36.4 Å². The van der Waals surface area contributed by atoms with E-state index in [0.29, 0.717) is 31.4 Å². The molecule has 8 nitrogen and oxygen atoms in total. The van der Waals surface area contributed by atoms with Crippen molar-refractivity contribution in [3.63, 3.8) is 0 Å². The molecule has 0 spiro atoms. The van der Waals surface area contributed by atoms with Gasteiger partial charge >= 0.3 is 0 Å². The highest BCUT2D eigenvalue weighted by Gasteiger charge is 2.39. The normalized spacial score (nSPS) is 20.4. The van der Waals surface area contributed by atoms with Crippen molar-refractivity contribution in [1.29, 1.82) is 0 Å². The summed E-state index contributed by atoms with van der Waals surface area (Å²) < 4.78 is 5.42. The quantitative estimate of drug-likeness (QED) is 0.474. The molecule has 1 N–H and O–H groups in total. The zero-order chi connectivity index (χ0) is 25.2. The standard InChI is InChI=1S/C28H31N3O5/c1-18-14-20(4-5-21(18)16-30-10-12-36-13-11-30)25(32)8-3-19-2-6-23-22(15-19)17-31(28(23)35)24-7-9-26(33)29-27(24)34/h2,4-6,14-15,24H,3,7-13,16-17H2,1H3,(H,29,33,34). The summed E-state index contributed by atoms with van der Waals surface area (Å²) in [4.78, 5) is 53.4. The smallest absolute Gasteiger partial charge is 0.255 e. The van der Waals surface area contributed by atoms with E-state index in [0.717, 1.165) is 55.1 Å². The van der Waals surface area contributed by atoms with Gasteiger partial charge < -0.3 is 9.64 Å². The lowest BCUT2D eigenvalue weighted by Crippen LogP contribution is -2.52. The van der Waals surface area contributed by atoms with Crippen LogP contribution in [0.5, 0.6) is 0 Å². The number of benzene rings is 2. The van der Waals surface area contributed by atoms with Gasteiger partial charge in [0.2, 0.25) is 11.8 Å². The zero-order valence-corrected chi connectivity index (χ0v) is 20.5. The monoisotopic (exact) mass is 489 g/mol. The van der Waals surface area contributed by atoms with Crippen molar-refractivity contribution >= 4 is 23.5 Å². The molecule has 8 heteroatoms. The summed E-state index contributed by atoms with van der Waals surface area (Å²) >= 11 is 0. The third-order valence-corrected chi connectivity index (χ3v) is 7.39. The number of piperidine rings is 1. The SMILES string of the molecule is Cc1cc(C(=O)CCc2ccc3c(c2)CN(C2CCC(=O)NC2=O)C3=O)ccc1CN1CCOCC1. The number of ether oxygens (including phenoxy) is 1. The molecule has 3 amide bonds. The minimum atomic E-state index is -0.623. The van der Waals surface area contributed by atoms with Crippen LogP contribution < -0.4 is 5.32 Å². The second-order valence-electron chi connectivity index (χ2n) is 9.84. The minimum Gasteiger partial charge on any atom is -0.379 e. The number of ketones is 1. The van der Waals surface area contributed by atoms with Gasteiger partial charge in [-0.05, 0) is 54.2 Å². The first-order valence-electron chi connectivity index (χ1n) is 12.6. The highest BCUT2D eigenvalue weighted by atomic mass is 16.5. The van der Waals surface area contributed by atoms with Crippen LogP contribution >= 0.6 is 0 Å². The Kier molecular flexibility index (Phi) is 6.98. The van der Waals surface area contributed by atoms with Gasteiger partial charge in [0.25, 0.3) is 5.91 Å². The Balaban J connectivity index is 1.19. The summed E-state index contributed by atoms with van der Waals surface area (Å²) in [5, 5.41) is 2.32. The second kappa shape index (κ2) is 10.3. The van der Waals surface area contributed by atoms with Crippen LogP contribution in [0.4, 0.5) is 0 Å². The number of hydrogen-bond donors (Lipinski definition) is 1. The predicted octanol–water partition coefficient (Wildman–Crippen LogP) is 2.40. The lowest BCUT2D eigenvalue weighted by Gasteiger charge is -2.29. The lowest BCUT2D eigenvalue weighted by atomic mass is 9.97. The molecule has 5 rings (SSSR count). The highest BCUT2D eigenvalue weighted by Crippen LogP contribution is 2.28. The highest BCUT2D eigenvalue weighted by molar-refractivity contribution is 6.05. The molecule has 3 heterocycles. The Morgan fingerprint density at radius 1 is 1.08 bits per heavy atom. The predicted molar refractivity (Wildman–Crippen MR) is 132 cm³/mol. The number of nitrogens with one attached hydrogen (secondary N) is 1. The van der Waals surface area contributed by atoms with Crippen molar-refractivity contribution in [2.75, 3.05) is 26.3 Å². The van der Waals surface area contributed by atoms with E-state index in [9.17, 15) is 19.2 Å². The van der Waals surface area contributed by atoms with Crippen molar-refractivity contribution in [2.24, 2.45) is 0 Å². The zero-order valence-electron chi connectivity index (χ0n) is 20.5. The minimum absolute atomic E-state index is 0.0952. The molecule has 3 aliphatic heterocycles. The number of morpholine rings is 1. The number of fused-ring (bicyclic) bond motifs is 1. The average Bonchev–Trinajstić information content (AvgIpc) is 3.19. The summed E-state index contributed by atoms with van der Waals surface area (Å²) in [7, 11) is 0. The molecule has 188 valence electrons. The third kappa shape index (κ3) is 5.10. The van der Waals surface area contributed by atoms with Crippen molar-refractivity contribution < 1.29 is 23.9 Å². The number of hydrogen-bond acceptors (Lipinski definition) is 6. The van der Waals surface area contributed by atoms with E-state index in [1.807, 2.05) is 24.3 Å². The van der Waals surface area contributed by atoms with Crippen molar-refractivity contribution in [3.05, 3.63) is 69.8 Å². The van der Waals surface area contributed by atoms with E-state index in [2.05, 4.69) is 23.2 Å². The summed E-state index contributed by atoms with van der Waals surface area (Å²) in [5.41, 5.74) is 5.51. The number of amides is 3. The van der Waals surface area contributed by atoms with Crippen molar-refractivity contribution in [1.82, 2.24) is 15.1 Å². The molecule has 1 atom stereocenters. The number of carbonyl (C=O) groups excluding carboxylic acids is 4. The number of aryl methyl sites for hydroxylation is 2. The molecule has 0 aromatic heterocycles. The number of rotatable bonds is 7. The first-order valence-corrected chi connectivity index (χ1v) is 12.6. The fourth-order valence-corrected chi connectivity index (χ4v) is 5.23. The van der Waals surface area contributed by atoms with E-state index >= 15 is 0 Å². The summed E-state index contributed by atoms with van der Waals surface area (Å²) in [6.45, 7) is 6.65. The molecule has 0 aliphatic carbocycles. The van der Waals surface area contributed by atoms with Gasteiger partial charge in [0, 0.05) is 50.1 Å². The van der Waals surface area contributed by atoms with Crippen LogP contribution in [0.2, 0.25) is 0 Å². The number of carbonyl (C=O) groups is 4. The van der Waals surface area contributed by atoms with Gasteiger partial charge in [-0.15, -0.1) is 0 Å². The fraction of sp³-hybridized carbons (Fsp3) is 0.429. The van der Waals surface area contributed by atoms with Gasteiger partial charge in [-0.3, -0.25) is 29.4 Å². The number of nitrogens with zero attached hydrogens (tertiary/aromatic N) is 2. The van der Waals surface area contributed by atoms with Crippen LogP contribution in [0, 0.1) is 6.92 Å². The van der Waals surface area contributed by atoms with Gasteiger partial charge in [0.05, 0.1) is 13.2 Å². The van der Waals surface area contributed by atoms with Gasteiger partial charge in [0.1, 0.15) is 6.04 Å². The third-order valence-electron chi connectivity index (χ3n) is 7.39. The van der Waals surface area contributed by atoms with Gasteiger partial charge in [-0.2, -0.15) is 0 Å². The molecule has 2 aromatic carbocycles. The molecular formula is C28H31N3O5. The first-order chi connectivity index (χ1) is 17.4. The van der Waals surface area contributed by atoms with Crippen LogP contribution in [0.1, 0.15) is 62.2 Å². The maximum absolute atomic E-state index is 12.9. The molecule has 36 heavy (non-hydrogen) atoms. The average molecular weight is 490 g/mol. The fourth-order valence-electron chi connectivity index (χ4n) is 5.23. The van der Waals surface area contributed by atoms with Gasteiger partial charge in [-0.1, -0.05) is 24.3 Å². The Bertz CT molecular complexity index is 1220. The summed E-state index contributed by atoms with van der Waals surface area (Å²) in [6, 6.07) is 11.0. The molecule has 0 saturated carbocycles. The number of Topliss-reactive ketones (excluding diaryl/α,β-unsaturated/α-hetero) is 1. The molecule has 2 fully saturated rings. The maximum atomic E-state index is 12.9. The lowest BCUT2D eigenvalue weighted by molar-refractivity contribution is -0.136. The maximum Gasteiger partial charge on any atom is 0.255 e. The molecule has 1 unspecified atom stereocenters. The molecule has 2 aromatic rings. The Hall–Kier alpha value is -3.36. The van der Waals surface area contributed by atoms with E-state index in [4.69, 9.17) is 4.74 Å². The van der Waals surface area contributed by atoms with Gasteiger partial charge in [-0.25, -0.2) is 0 Å². The van der Waals surface area contributed by atoms with Crippen LogP contribution in [0.3, 0.4) is 0 Å². The van der Waals surface area contributed by atoms with Crippen LogP contribution in [-0.2, 0) is 33.8 Å². The first kappa shape index (κ1) is 24.3. The Morgan fingerprint density at radius 2 is 1.89 bits per heavy atom. The molecule has 2 saturated heterocycles. The largest absolute Gasteiger partial charge is 0.379 e. The van der Waals surface area contributed by atoms with Gasteiger partial charge in [0.15, 0.2) is 5.78 Å². The number of imide groups is 1. The Labute approximate surface area is 210 Å². The molecule has 0 bridgehead atoms. The topological polar surface area (TPSA) is 96.0 Å². The Morgan fingerprint density at radius 3 is 2.64 bits per heavy atom. The summed E-state index contributed by atoms with van der Waals surface area (Å²) in [6.07, 6.45) is 1.53. The summed E-state index contributed by atoms with van der Waals surface area (Å²) in [5.74, 6) is -0.800. The van der Waals surface area contributed by atoms with Crippen LogP contribution in [0.25, 0.3) is 0 Å². The van der Waals surface area contributed by atoms with E-state index in [1.54, 1.807) is 11.0 Å². The van der Waals surface area contributed by atoms with Crippen molar-refractivity contribution in [2.45, 2.75) is 51.7 Å². The van der Waals surface area contributed by atoms with E-state index in [1.165, 1.54) is 5.56 Å².